The second-order valence-corrected chi connectivity index (χ2v) is 12.6. The largest absolute Gasteiger partial charge is 0.482 e. The number of benzene rings is 1. The van der Waals surface area contributed by atoms with Crippen molar-refractivity contribution in [2.24, 2.45) is 17.3 Å². The Morgan fingerprint density at radius 2 is 1.49 bits per heavy atom. The standard InChI is InChI=1S/C28H33F9O5.C4H10O.2C2H6/c1-24-11-10-19-18-7-5-17(41-15-23(38)39-2)14-16(18)4-6-20(19)21(24)8-9-22(24)40-12-3-13-42-25(26(29,30)31,27(32,33)34)28(35,36)37;1-2-3-4-5;2*1-2/h5,7,14,19-22H,3-4,6,8-13,15H2,1-2H3;5H,2-4H2,1H3;2*1-2H3. The van der Waals surface area contributed by atoms with Crippen LogP contribution in [0.5, 0.6) is 5.75 Å². The number of methoxy groups -OCH3 is 1. The molecule has 15 heteroatoms. The van der Waals surface area contributed by atoms with Crippen molar-refractivity contribution in [1.82, 2.24) is 0 Å². The highest BCUT2D eigenvalue weighted by molar-refractivity contribution is 5.70. The van der Waals surface area contributed by atoms with Gasteiger partial charge < -0.3 is 24.1 Å². The maximum atomic E-state index is 13.1. The number of unbranched alkanes of at least 4 members (excludes halogenated alkanes) is 1. The van der Waals surface area contributed by atoms with E-state index in [1.165, 1.54) is 12.7 Å². The number of rotatable bonds is 11. The first-order valence-corrected chi connectivity index (χ1v) is 17.8. The molecule has 5 unspecified atom stereocenters. The first kappa shape index (κ1) is 46.8. The highest BCUT2D eigenvalue weighted by Gasteiger charge is 2.85. The smallest absolute Gasteiger partial charge is 0.435 e. The molecule has 1 N–H and O–H groups in total. The van der Waals surface area contributed by atoms with Crippen LogP contribution >= 0.6 is 0 Å². The molecule has 0 aromatic heterocycles. The van der Waals surface area contributed by atoms with Gasteiger partial charge in [-0.2, -0.15) is 39.5 Å². The van der Waals surface area contributed by atoms with Gasteiger partial charge in [-0.1, -0.05) is 54.0 Å². The molecule has 3 aliphatic carbocycles. The summed E-state index contributed by atoms with van der Waals surface area (Å²) in [5.74, 6) is 1.01. The van der Waals surface area contributed by atoms with Gasteiger partial charge in [0, 0.05) is 13.2 Å². The van der Waals surface area contributed by atoms with Crippen molar-refractivity contribution in [3.8, 4) is 5.75 Å². The Labute approximate surface area is 295 Å². The lowest BCUT2D eigenvalue weighted by Gasteiger charge is -2.50. The first-order valence-electron chi connectivity index (χ1n) is 17.8. The van der Waals surface area contributed by atoms with Crippen molar-refractivity contribution in [3.05, 3.63) is 29.3 Å². The molecular formula is C36H55F9O6. The minimum atomic E-state index is -6.74. The lowest BCUT2D eigenvalue weighted by Crippen LogP contribution is -2.67. The van der Waals surface area contributed by atoms with Crippen LogP contribution in [0, 0.1) is 17.3 Å². The molecule has 0 spiro atoms. The molecule has 298 valence electrons. The van der Waals surface area contributed by atoms with Crippen molar-refractivity contribution < 1.29 is 68.4 Å². The molecule has 0 radical (unpaired) electrons. The average molecular weight is 755 g/mol. The summed E-state index contributed by atoms with van der Waals surface area (Å²) in [7, 11) is 1.28. The monoisotopic (exact) mass is 754 g/mol. The molecule has 5 atom stereocenters. The van der Waals surface area contributed by atoms with E-state index in [1.807, 2.05) is 45.9 Å². The Hall–Kier alpha value is -2.26. The number of aliphatic hydroxyl groups is 1. The summed E-state index contributed by atoms with van der Waals surface area (Å²) in [6.45, 7) is 10.5. The molecule has 51 heavy (non-hydrogen) atoms. The van der Waals surface area contributed by atoms with Crippen LogP contribution in [0.3, 0.4) is 0 Å². The van der Waals surface area contributed by atoms with E-state index in [2.05, 4.69) is 23.3 Å². The number of hydrogen-bond acceptors (Lipinski definition) is 6. The summed E-state index contributed by atoms with van der Waals surface area (Å²) in [5.41, 5.74) is -4.17. The molecule has 0 heterocycles. The van der Waals surface area contributed by atoms with Crippen LogP contribution in [0.25, 0.3) is 0 Å². The van der Waals surface area contributed by atoms with E-state index in [1.54, 1.807) is 0 Å². The number of fused-ring (bicyclic) bond motifs is 5. The summed E-state index contributed by atoms with van der Waals surface area (Å²) in [5, 5.41) is 8.07. The Balaban J connectivity index is 0.00000131. The van der Waals surface area contributed by atoms with E-state index in [-0.39, 0.29) is 30.7 Å². The van der Waals surface area contributed by atoms with Crippen molar-refractivity contribution in [3.63, 3.8) is 0 Å². The molecule has 2 fully saturated rings. The van der Waals surface area contributed by atoms with Gasteiger partial charge in [-0.25, -0.2) is 4.79 Å². The van der Waals surface area contributed by atoms with Crippen LogP contribution < -0.4 is 4.74 Å². The number of hydrogen-bond donors (Lipinski definition) is 1. The number of esters is 1. The fourth-order valence-corrected chi connectivity index (χ4v) is 7.47. The molecule has 1 aromatic rings. The van der Waals surface area contributed by atoms with Gasteiger partial charge in [0.05, 0.1) is 19.8 Å². The second kappa shape index (κ2) is 20.3. The van der Waals surface area contributed by atoms with E-state index in [4.69, 9.17) is 14.6 Å². The van der Waals surface area contributed by atoms with Crippen LogP contribution in [0.4, 0.5) is 39.5 Å². The maximum Gasteiger partial charge on any atom is 0.435 e. The van der Waals surface area contributed by atoms with Gasteiger partial charge in [0.2, 0.25) is 0 Å². The molecule has 0 aliphatic heterocycles. The van der Waals surface area contributed by atoms with E-state index >= 15 is 0 Å². The molecule has 3 aliphatic rings. The van der Waals surface area contributed by atoms with E-state index in [0.717, 1.165) is 50.5 Å². The second-order valence-electron chi connectivity index (χ2n) is 12.6. The zero-order valence-corrected chi connectivity index (χ0v) is 30.6. The number of aryl methyl sites for hydroxylation is 1. The van der Waals surface area contributed by atoms with Crippen LogP contribution in [0.2, 0.25) is 0 Å². The van der Waals surface area contributed by atoms with E-state index in [0.29, 0.717) is 30.6 Å². The SMILES string of the molecule is CC.CC.CCCCO.COC(=O)COc1ccc2c(c1)CCC1C2CCC2(C)C(OCCCOC(C(F)(F)F)(C(F)(F)F)C(F)(F)F)CCC12. The maximum absolute atomic E-state index is 13.1. The Morgan fingerprint density at radius 3 is 2.00 bits per heavy atom. The highest BCUT2D eigenvalue weighted by Crippen LogP contribution is 2.62. The summed E-state index contributed by atoms with van der Waals surface area (Å²) in [6.07, 6.45) is -14.3. The third kappa shape index (κ3) is 10.9. The van der Waals surface area contributed by atoms with Crippen LogP contribution in [-0.4, -0.2) is 74.8 Å². The van der Waals surface area contributed by atoms with Crippen molar-refractivity contribution >= 4 is 5.97 Å². The van der Waals surface area contributed by atoms with Crippen molar-refractivity contribution in [2.45, 2.75) is 135 Å². The zero-order valence-electron chi connectivity index (χ0n) is 30.6. The van der Waals surface area contributed by atoms with Crippen molar-refractivity contribution in [1.29, 1.82) is 0 Å². The van der Waals surface area contributed by atoms with Gasteiger partial charge in [-0.05, 0) is 97.8 Å². The van der Waals surface area contributed by atoms with Crippen molar-refractivity contribution in [2.75, 3.05) is 33.5 Å². The lowest BCUT2D eigenvalue weighted by molar-refractivity contribution is -0.457. The molecule has 0 amide bonds. The molecule has 4 rings (SSSR count). The van der Waals surface area contributed by atoms with Gasteiger partial charge in [0.1, 0.15) is 5.75 Å². The number of alkyl halides is 9. The van der Waals surface area contributed by atoms with E-state index < -0.39 is 43.1 Å². The number of ether oxygens (including phenoxy) is 4. The van der Waals surface area contributed by atoms with E-state index in [9.17, 15) is 44.3 Å². The molecule has 0 saturated heterocycles. The summed E-state index contributed by atoms with van der Waals surface area (Å²) >= 11 is 0. The summed E-state index contributed by atoms with van der Waals surface area (Å²) in [4.78, 5) is 11.4. The lowest BCUT2D eigenvalue weighted by atomic mass is 9.55. The predicted molar refractivity (Wildman–Crippen MR) is 174 cm³/mol. The minimum absolute atomic E-state index is 0.191. The minimum Gasteiger partial charge on any atom is -0.482 e. The Bertz CT molecular complexity index is 1130. The third-order valence-electron chi connectivity index (χ3n) is 9.83. The quantitative estimate of drug-likeness (QED) is 0.138. The topological polar surface area (TPSA) is 74.2 Å². The summed E-state index contributed by atoms with van der Waals surface area (Å²) < 4.78 is 137. The summed E-state index contributed by atoms with van der Waals surface area (Å²) in [6, 6.07) is 5.79. The van der Waals surface area contributed by atoms with Gasteiger partial charge >= 0.3 is 30.1 Å². The van der Waals surface area contributed by atoms with Gasteiger partial charge in [-0.3, -0.25) is 0 Å². The zero-order chi connectivity index (χ0) is 39.3. The fourth-order valence-electron chi connectivity index (χ4n) is 7.47. The Kier molecular flexibility index (Phi) is 18.6. The molecule has 1 aromatic carbocycles. The third-order valence-corrected chi connectivity index (χ3v) is 9.83. The predicted octanol–water partition coefficient (Wildman–Crippen LogP) is 10.1. The Morgan fingerprint density at radius 1 is 0.882 bits per heavy atom. The molecule has 2 saturated carbocycles. The number of carbonyl (C=O) groups excluding carboxylic acids is 1. The number of aliphatic hydroxyl groups excluding tert-OH is 1. The average Bonchev–Trinajstić information content (AvgIpc) is 3.41. The normalized spacial score (nSPS) is 24.2. The number of carbonyl (C=O) groups is 1. The first-order chi connectivity index (χ1) is 23.9. The van der Waals surface area contributed by atoms with Crippen LogP contribution in [-0.2, 0) is 25.4 Å². The number of halogens is 9. The van der Waals surface area contributed by atoms with Crippen LogP contribution in [0.1, 0.15) is 110 Å². The highest BCUT2D eigenvalue weighted by atomic mass is 19.4. The molecule has 0 bridgehead atoms. The van der Waals surface area contributed by atoms with Gasteiger partial charge in [0.15, 0.2) is 6.61 Å². The molecule has 6 nitrogen and oxygen atoms in total. The fraction of sp³-hybridized carbons (Fsp3) is 0.806. The molecular weight excluding hydrogens is 699 g/mol. The van der Waals surface area contributed by atoms with Gasteiger partial charge in [0.25, 0.3) is 0 Å². The van der Waals surface area contributed by atoms with Crippen LogP contribution in [0.15, 0.2) is 18.2 Å². The van der Waals surface area contributed by atoms with Gasteiger partial charge in [-0.15, -0.1) is 0 Å².